The lowest BCUT2D eigenvalue weighted by atomic mass is 10.3. The first-order valence-corrected chi connectivity index (χ1v) is 4.83. The van der Waals surface area contributed by atoms with Crippen molar-refractivity contribution in [2.45, 2.75) is 25.4 Å². The molecular weight excluding hydrogens is 223 g/mol. The second kappa shape index (κ2) is 3.84. The minimum absolute atomic E-state index is 0.0838. The number of aliphatic hydroxyl groups is 1. The molecule has 0 bridgehead atoms. The van der Waals surface area contributed by atoms with Crippen molar-refractivity contribution in [3.8, 4) is 0 Å². The van der Waals surface area contributed by atoms with Gasteiger partial charge in [-0.25, -0.2) is 0 Å². The molecule has 0 aliphatic carbocycles. The van der Waals surface area contributed by atoms with E-state index in [1.165, 1.54) is 4.57 Å². The first-order valence-electron chi connectivity index (χ1n) is 4.42. The third kappa shape index (κ3) is 1.99. The zero-order chi connectivity index (χ0) is 11.0. The number of rotatable bonds is 1. The van der Waals surface area contributed by atoms with E-state index in [0.717, 1.165) is 6.20 Å². The fourth-order valence-corrected chi connectivity index (χ4v) is 1.74. The number of aromatic amines is 1. The molecule has 1 fully saturated rings. The summed E-state index contributed by atoms with van der Waals surface area (Å²) < 4.78 is 19.4. The van der Waals surface area contributed by atoms with E-state index in [1.807, 2.05) is 0 Å². The number of halogens is 1. The average Bonchev–Trinajstić information content (AvgIpc) is 2.58. The van der Waals surface area contributed by atoms with Gasteiger partial charge >= 0.3 is 0 Å². The summed E-state index contributed by atoms with van der Waals surface area (Å²) in [4.78, 5) is 13.1. The van der Waals surface area contributed by atoms with Crippen molar-refractivity contribution in [1.82, 2.24) is 9.55 Å². The summed E-state index contributed by atoms with van der Waals surface area (Å²) in [5, 5.41) is 9.14. The SMILES string of the molecule is O=c1[nH]c(=S)n(C2CC[C@@H](O)O2)cc1F. The molecule has 1 unspecified atom stereocenters. The molecule has 15 heavy (non-hydrogen) atoms. The molecule has 1 aromatic rings. The van der Waals surface area contributed by atoms with Gasteiger partial charge in [-0.2, -0.15) is 4.39 Å². The van der Waals surface area contributed by atoms with Gasteiger partial charge in [0.25, 0.3) is 5.56 Å². The molecule has 82 valence electrons. The van der Waals surface area contributed by atoms with Crippen molar-refractivity contribution < 1.29 is 14.2 Å². The van der Waals surface area contributed by atoms with Crippen molar-refractivity contribution in [3.05, 3.63) is 27.1 Å². The number of H-pyrrole nitrogens is 1. The van der Waals surface area contributed by atoms with E-state index in [1.54, 1.807) is 0 Å². The van der Waals surface area contributed by atoms with E-state index in [0.29, 0.717) is 12.8 Å². The first kappa shape index (κ1) is 10.5. The van der Waals surface area contributed by atoms with Crippen LogP contribution in [-0.4, -0.2) is 20.9 Å². The van der Waals surface area contributed by atoms with Gasteiger partial charge in [0.15, 0.2) is 11.1 Å². The van der Waals surface area contributed by atoms with Gasteiger partial charge in [-0.3, -0.25) is 14.3 Å². The van der Waals surface area contributed by atoms with Gasteiger partial charge in [0.2, 0.25) is 5.82 Å². The Morgan fingerprint density at radius 3 is 3.00 bits per heavy atom. The molecule has 1 aliphatic heterocycles. The molecule has 2 rings (SSSR count). The van der Waals surface area contributed by atoms with Gasteiger partial charge in [-0.15, -0.1) is 0 Å². The lowest BCUT2D eigenvalue weighted by molar-refractivity contribution is -0.113. The number of aromatic nitrogens is 2. The highest BCUT2D eigenvalue weighted by atomic mass is 32.1. The molecule has 1 aromatic heterocycles. The summed E-state index contributed by atoms with van der Waals surface area (Å²) in [6.45, 7) is 0. The van der Waals surface area contributed by atoms with Gasteiger partial charge in [-0.1, -0.05) is 0 Å². The number of ether oxygens (including phenoxy) is 1. The highest BCUT2D eigenvalue weighted by Crippen LogP contribution is 2.26. The third-order valence-electron chi connectivity index (χ3n) is 2.21. The largest absolute Gasteiger partial charge is 0.368 e. The van der Waals surface area contributed by atoms with Crippen LogP contribution in [0.4, 0.5) is 4.39 Å². The smallest absolute Gasteiger partial charge is 0.287 e. The van der Waals surface area contributed by atoms with E-state index in [9.17, 15) is 9.18 Å². The summed E-state index contributed by atoms with van der Waals surface area (Å²) in [6.07, 6.45) is 0.614. The fraction of sp³-hybridized carbons (Fsp3) is 0.500. The zero-order valence-electron chi connectivity index (χ0n) is 7.64. The number of hydrogen-bond donors (Lipinski definition) is 2. The van der Waals surface area contributed by atoms with Crippen LogP contribution < -0.4 is 5.56 Å². The maximum atomic E-state index is 13.0. The number of nitrogens with zero attached hydrogens (tertiary/aromatic N) is 1. The van der Waals surface area contributed by atoms with Crippen LogP contribution in [0.3, 0.4) is 0 Å². The molecule has 0 saturated carbocycles. The van der Waals surface area contributed by atoms with Crippen molar-refractivity contribution in [2.75, 3.05) is 0 Å². The Bertz CT molecular complexity index is 484. The van der Waals surface area contributed by atoms with Crippen molar-refractivity contribution in [3.63, 3.8) is 0 Å². The Morgan fingerprint density at radius 2 is 2.40 bits per heavy atom. The van der Waals surface area contributed by atoms with Gasteiger partial charge in [0.1, 0.15) is 6.23 Å². The minimum atomic E-state index is -0.923. The van der Waals surface area contributed by atoms with Crippen molar-refractivity contribution >= 4 is 12.2 Å². The van der Waals surface area contributed by atoms with E-state index in [4.69, 9.17) is 22.1 Å². The van der Waals surface area contributed by atoms with E-state index >= 15 is 0 Å². The van der Waals surface area contributed by atoms with Crippen LogP contribution in [-0.2, 0) is 4.74 Å². The lowest BCUT2D eigenvalue weighted by Gasteiger charge is -2.14. The molecule has 1 aliphatic rings. The normalized spacial score (nSPS) is 25.7. The van der Waals surface area contributed by atoms with Crippen LogP contribution in [0.1, 0.15) is 19.1 Å². The topological polar surface area (TPSA) is 67.2 Å². The number of hydrogen-bond acceptors (Lipinski definition) is 4. The van der Waals surface area contributed by atoms with Crippen molar-refractivity contribution in [1.29, 1.82) is 0 Å². The second-order valence-corrected chi connectivity index (χ2v) is 3.65. The Hall–Kier alpha value is -1.05. The Labute approximate surface area is 89.1 Å². The summed E-state index contributed by atoms with van der Waals surface area (Å²) in [5.74, 6) is -0.923. The number of nitrogens with one attached hydrogen (secondary N) is 1. The Morgan fingerprint density at radius 1 is 1.67 bits per heavy atom. The van der Waals surface area contributed by atoms with Gasteiger partial charge in [-0.05, 0) is 18.6 Å². The average molecular weight is 232 g/mol. The highest BCUT2D eigenvalue weighted by Gasteiger charge is 2.25. The molecule has 0 spiro atoms. The molecule has 5 nitrogen and oxygen atoms in total. The second-order valence-electron chi connectivity index (χ2n) is 3.27. The molecule has 0 aromatic carbocycles. The summed E-state index contributed by atoms with van der Waals surface area (Å²) in [7, 11) is 0. The molecule has 0 radical (unpaired) electrons. The van der Waals surface area contributed by atoms with Gasteiger partial charge < -0.3 is 9.84 Å². The van der Waals surface area contributed by atoms with Crippen LogP contribution in [0.25, 0.3) is 0 Å². The summed E-state index contributed by atoms with van der Waals surface area (Å²) in [5.41, 5.74) is -0.852. The molecule has 0 amide bonds. The van der Waals surface area contributed by atoms with E-state index < -0.39 is 23.9 Å². The van der Waals surface area contributed by atoms with E-state index in [2.05, 4.69) is 4.98 Å². The molecule has 2 atom stereocenters. The minimum Gasteiger partial charge on any atom is -0.368 e. The monoisotopic (exact) mass is 232 g/mol. The predicted octanol–water partition coefficient (Wildman–Crippen LogP) is 0.672. The molecule has 2 N–H and O–H groups in total. The number of aliphatic hydroxyl groups excluding tert-OH is 1. The Kier molecular flexibility index (Phi) is 2.68. The summed E-state index contributed by atoms with van der Waals surface area (Å²) >= 11 is 4.85. The Balaban J connectivity index is 2.41. The van der Waals surface area contributed by atoms with Crippen LogP contribution in [0.2, 0.25) is 0 Å². The first-order chi connectivity index (χ1) is 7.08. The summed E-state index contributed by atoms with van der Waals surface area (Å²) in [6, 6.07) is 0. The predicted molar refractivity (Wildman–Crippen MR) is 51.2 cm³/mol. The maximum Gasteiger partial charge on any atom is 0.287 e. The van der Waals surface area contributed by atoms with E-state index in [-0.39, 0.29) is 4.77 Å². The quantitative estimate of drug-likeness (QED) is 0.698. The van der Waals surface area contributed by atoms with Crippen LogP contribution in [0.5, 0.6) is 0 Å². The lowest BCUT2D eigenvalue weighted by Crippen LogP contribution is -2.20. The van der Waals surface area contributed by atoms with Crippen molar-refractivity contribution in [2.24, 2.45) is 0 Å². The highest BCUT2D eigenvalue weighted by molar-refractivity contribution is 7.71. The standard InChI is InChI=1S/C8H9FN2O3S/c9-4-3-11(8(15)10-7(4)13)5-1-2-6(12)14-5/h3,5-6,12H,1-2H2,(H,10,13,15)/t5?,6-/m0/s1. The molecule has 2 heterocycles. The fourth-order valence-electron chi connectivity index (χ4n) is 1.48. The third-order valence-corrected chi connectivity index (χ3v) is 2.52. The molecule has 1 saturated heterocycles. The van der Waals surface area contributed by atoms with Crippen LogP contribution >= 0.6 is 12.2 Å². The van der Waals surface area contributed by atoms with Gasteiger partial charge in [0.05, 0.1) is 6.20 Å². The maximum absolute atomic E-state index is 13.0. The van der Waals surface area contributed by atoms with Crippen LogP contribution in [0, 0.1) is 10.6 Å². The molecule has 7 heteroatoms. The zero-order valence-corrected chi connectivity index (χ0v) is 8.46. The van der Waals surface area contributed by atoms with Gasteiger partial charge in [0, 0.05) is 6.42 Å². The molecular formula is C8H9FN2O3S. The van der Waals surface area contributed by atoms with Crippen LogP contribution in [0.15, 0.2) is 11.0 Å².